The zero-order chi connectivity index (χ0) is 12.4. The number of hydrogen-bond acceptors (Lipinski definition) is 4. The lowest BCUT2D eigenvalue weighted by Crippen LogP contribution is -2.31. The first kappa shape index (κ1) is 11.9. The number of nitrogens with two attached hydrogens (primary N) is 1. The van der Waals surface area contributed by atoms with E-state index < -0.39 is 0 Å². The largest absolute Gasteiger partial charge is 0.375 e. The van der Waals surface area contributed by atoms with Gasteiger partial charge in [-0.05, 0) is 31.2 Å². The van der Waals surface area contributed by atoms with E-state index in [-0.39, 0.29) is 16.7 Å². The molecule has 17 heavy (non-hydrogen) atoms. The van der Waals surface area contributed by atoms with Crippen LogP contribution in [0.5, 0.6) is 0 Å². The van der Waals surface area contributed by atoms with Gasteiger partial charge in [0.15, 0.2) is 0 Å². The number of rotatable bonds is 5. The fourth-order valence-corrected chi connectivity index (χ4v) is 2.05. The van der Waals surface area contributed by atoms with E-state index in [9.17, 15) is 10.1 Å². The van der Waals surface area contributed by atoms with Crippen molar-refractivity contribution >= 4 is 11.4 Å². The number of benzene rings is 1. The summed E-state index contributed by atoms with van der Waals surface area (Å²) < 4.78 is 0. The molecule has 0 aliphatic heterocycles. The molecular formula is C12H17N3O2. The molecule has 0 radical (unpaired) electrons. The average Bonchev–Trinajstić information content (AvgIpc) is 3.11. The maximum Gasteiger partial charge on any atom is 0.292 e. The summed E-state index contributed by atoms with van der Waals surface area (Å²) in [5, 5.41) is 14.2. The second kappa shape index (κ2) is 4.71. The van der Waals surface area contributed by atoms with Gasteiger partial charge in [0.1, 0.15) is 5.69 Å². The molecule has 0 spiro atoms. The van der Waals surface area contributed by atoms with E-state index in [4.69, 9.17) is 5.73 Å². The number of anilines is 1. The fourth-order valence-electron chi connectivity index (χ4n) is 2.05. The van der Waals surface area contributed by atoms with Gasteiger partial charge in [-0.15, -0.1) is 0 Å². The summed E-state index contributed by atoms with van der Waals surface area (Å²) >= 11 is 0. The van der Waals surface area contributed by atoms with Gasteiger partial charge in [-0.25, -0.2) is 0 Å². The van der Waals surface area contributed by atoms with Crippen LogP contribution in [0, 0.1) is 23.0 Å². The molecule has 1 aromatic carbocycles. The van der Waals surface area contributed by atoms with E-state index in [1.807, 2.05) is 13.0 Å². The molecule has 2 rings (SSSR count). The SMILES string of the molecule is Cc1cccc([N+](=O)[O-])c1NC(CN)C1CC1. The summed E-state index contributed by atoms with van der Waals surface area (Å²) in [6.45, 7) is 2.38. The summed E-state index contributed by atoms with van der Waals surface area (Å²) in [6.07, 6.45) is 2.32. The van der Waals surface area contributed by atoms with E-state index in [1.54, 1.807) is 6.07 Å². The number of aryl methyl sites for hydroxylation is 1. The van der Waals surface area contributed by atoms with Crippen molar-refractivity contribution in [2.24, 2.45) is 11.7 Å². The van der Waals surface area contributed by atoms with E-state index in [0.717, 1.165) is 18.4 Å². The van der Waals surface area contributed by atoms with Crippen LogP contribution in [0.3, 0.4) is 0 Å². The normalized spacial score (nSPS) is 16.6. The highest BCUT2D eigenvalue weighted by Gasteiger charge is 2.31. The summed E-state index contributed by atoms with van der Waals surface area (Å²) in [5.74, 6) is 0.569. The Morgan fingerprint density at radius 3 is 2.82 bits per heavy atom. The second-order valence-corrected chi connectivity index (χ2v) is 4.55. The van der Waals surface area contributed by atoms with Crippen LogP contribution in [-0.2, 0) is 0 Å². The molecule has 5 heteroatoms. The Hall–Kier alpha value is -1.62. The van der Waals surface area contributed by atoms with Gasteiger partial charge >= 0.3 is 0 Å². The van der Waals surface area contributed by atoms with Crippen molar-refractivity contribution in [2.75, 3.05) is 11.9 Å². The predicted octanol–water partition coefficient (Wildman–Crippen LogP) is 2.05. The van der Waals surface area contributed by atoms with Crippen LogP contribution in [0.2, 0.25) is 0 Å². The quantitative estimate of drug-likeness (QED) is 0.604. The van der Waals surface area contributed by atoms with Crippen LogP contribution in [0.1, 0.15) is 18.4 Å². The first-order chi connectivity index (χ1) is 8.13. The van der Waals surface area contributed by atoms with Crippen molar-refractivity contribution in [3.63, 3.8) is 0 Å². The average molecular weight is 235 g/mol. The summed E-state index contributed by atoms with van der Waals surface area (Å²) in [4.78, 5) is 10.6. The predicted molar refractivity (Wildman–Crippen MR) is 67.0 cm³/mol. The fraction of sp³-hybridized carbons (Fsp3) is 0.500. The minimum Gasteiger partial charge on any atom is -0.375 e. The van der Waals surface area contributed by atoms with Crippen LogP contribution < -0.4 is 11.1 Å². The molecule has 1 aliphatic rings. The van der Waals surface area contributed by atoms with Crippen LogP contribution in [0.25, 0.3) is 0 Å². The van der Waals surface area contributed by atoms with Gasteiger partial charge in [0, 0.05) is 18.7 Å². The first-order valence-electron chi connectivity index (χ1n) is 5.84. The molecule has 1 aliphatic carbocycles. The highest BCUT2D eigenvalue weighted by atomic mass is 16.6. The van der Waals surface area contributed by atoms with Gasteiger partial charge in [0.25, 0.3) is 5.69 Å². The standard InChI is InChI=1S/C12H17N3O2/c1-8-3-2-4-11(15(16)17)12(8)14-10(7-13)9-5-6-9/h2-4,9-10,14H,5-7,13H2,1H3. The van der Waals surface area contributed by atoms with Gasteiger partial charge in [-0.1, -0.05) is 12.1 Å². The Balaban J connectivity index is 2.26. The van der Waals surface area contributed by atoms with Crippen molar-refractivity contribution in [1.29, 1.82) is 0 Å². The third-order valence-corrected chi connectivity index (χ3v) is 3.22. The monoisotopic (exact) mass is 235 g/mol. The number of para-hydroxylation sites is 1. The molecule has 3 N–H and O–H groups in total. The molecule has 0 amide bonds. The van der Waals surface area contributed by atoms with Crippen molar-refractivity contribution in [3.05, 3.63) is 33.9 Å². The highest BCUT2D eigenvalue weighted by molar-refractivity contribution is 5.66. The number of nitro benzene ring substituents is 1. The summed E-state index contributed by atoms with van der Waals surface area (Å²) in [7, 11) is 0. The van der Waals surface area contributed by atoms with Gasteiger partial charge in [0.05, 0.1) is 4.92 Å². The van der Waals surface area contributed by atoms with Crippen molar-refractivity contribution < 1.29 is 4.92 Å². The van der Waals surface area contributed by atoms with E-state index >= 15 is 0 Å². The van der Waals surface area contributed by atoms with E-state index in [0.29, 0.717) is 18.2 Å². The topological polar surface area (TPSA) is 81.2 Å². The number of nitrogens with one attached hydrogen (secondary N) is 1. The van der Waals surface area contributed by atoms with Gasteiger partial charge in [0.2, 0.25) is 0 Å². The molecule has 0 bridgehead atoms. The maximum absolute atomic E-state index is 11.0. The van der Waals surface area contributed by atoms with Crippen LogP contribution in [-0.4, -0.2) is 17.5 Å². The minimum absolute atomic E-state index is 0.129. The number of hydrogen-bond donors (Lipinski definition) is 2. The van der Waals surface area contributed by atoms with Gasteiger partial charge < -0.3 is 11.1 Å². The lowest BCUT2D eigenvalue weighted by atomic mass is 10.1. The van der Waals surface area contributed by atoms with Crippen molar-refractivity contribution in [3.8, 4) is 0 Å². The van der Waals surface area contributed by atoms with Crippen LogP contribution in [0.15, 0.2) is 18.2 Å². The zero-order valence-electron chi connectivity index (χ0n) is 9.85. The Labute approximate surface area is 100 Å². The smallest absolute Gasteiger partial charge is 0.292 e. The summed E-state index contributed by atoms with van der Waals surface area (Å²) in [5.41, 5.74) is 7.33. The molecular weight excluding hydrogens is 218 g/mol. The Morgan fingerprint density at radius 1 is 1.59 bits per heavy atom. The van der Waals surface area contributed by atoms with Crippen molar-refractivity contribution in [2.45, 2.75) is 25.8 Å². The van der Waals surface area contributed by atoms with Gasteiger partial charge in [-0.3, -0.25) is 10.1 Å². The lowest BCUT2D eigenvalue weighted by molar-refractivity contribution is -0.384. The first-order valence-corrected chi connectivity index (χ1v) is 5.84. The van der Waals surface area contributed by atoms with Gasteiger partial charge in [-0.2, -0.15) is 0 Å². The van der Waals surface area contributed by atoms with Crippen LogP contribution >= 0.6 is 0 Å². The molecule has 1 aromatic rings. The molecule has 1 unspecified atom stereocenters. The number of nitrogens with zero attached hydrogens (tertiary/aromatic N) is 1. The van der Waals surface area contributed by atoms with E-state index in [1.165, 1.54) is 6.07 Å². The Morgan fingerprint density at radius 2 is 2.29 bits per heavy atom. The molecule has 1 fully saturated rings. The lowest BCUT2D eigenvalue weighted by Gasteiger charge is -2.18. The molecule has 5 nitrogen and oxygen atoms in total. The third kappa shape index (κ3) is 2.55. The molecule has 92 valence electrons. The van der Waals surface area contributed by atoms with Crippen LogP contribution in [0.4, 0.5) is 11.4 Å². The molecule has 1 saturated carbocycles. The third-order valence-electron chi connectivity index (χ3n) is 3.22. The molecule has 0 aromatic heterocycles. The second-order valence-electron chi connectivity index (χ2n) is 4.55. The molecule has 0 saturated heterocycles. The summed E-state index contributed by atoms with van der Waals surface area (Å²) in [6, 6.07) is 5.24. The molecule has 1 atom stereocenters. The zero-order valence-corrected chi connectivity index (χ0v) is 9.85. The molecule has 0 heterocycles. The van der Waals surface area contributed by atoms with E-state index in [2.05, 4.69) is 5.32 Å². The maximum atomic E-state index is 11.0. The highest BCUT2D eigenvalue weighted by Crippen LogP contribution is 2.36. The van der Waals surface area contributed by atoms with Crippen molar-refractivity contribution in [1.82, 2.24) is 0 Å². The minimum atomic E-state index is -0.351. The Kier molecular flexibility index (Phi) is 3.28. The number of nitro groups is 1. The Bertz CT molecular complexity index is 430.